The van der Waals surface area contributed by atoms with Crippen LogP contribution in [0.5, 0.6) is 5.75 Å². The predicted octanol–water partition coefficient (Wildman–Crippen LogP) is 0.657. The zero-order valence-electron chi connectivity index (χ0n) is 28.7. The van der Waals surface area contributed by atoms with Crippen molar-refractivity contribution in [1.29, 1.82) is 0 Å². The Morgan fingerprint density at radius 1 is 0.979 bits per heavy atom. The summed E-state index contributed by atoms with van der Waals surface area (Å²) < 4.78 is 42.7. The molecule has 1 heterocycles. The Hall–Kier alpha value is -2.36. The molecule has 48 heavy (non-hydrogen) atoms. The molecule has 1 aliphatic heterocycles. The molecule has 7 bridgehead atoms. The second-order valence-electron chi connectivity index (χ2n) is 14.8. The van der Waals surface area contributed by atoms with Crippen molar-refractivity contribution in [2.45, 2.75) is 80.6 Å². The van der Waals surface area contributed by atoms with Gasteiger partial charge in [-0.3, -0.25) is 9.69 Å². The molecular weight excluding hydrogens is 626 g/mol. The van der Waals surface area contributed by atoms with Gasteiger partial charge >= 0.3 is 11.9 Å². The largest absolute Gasteiger partial charge is 0.497 e. The van der Waals surface area contributed by atoms with Crippen LogP contribution in [0.1, 0.15) is 37.0 Å². The monoisotopic (exact) mass is 675 g/mol. The molecule has 0 radical (unpaired) electrons. The highest BCUT2D eigenvalue weighted by Crippen LogP contribution is 2.80. The van der Waals surface area contributed by atoms with Crippen molar-refractivity contribution in [3.63, 3.8) is 0 Å². The minimum absolute atomic E-state index is 0.0591. The van der Waals surface area contributed by atoms with Crippen molar-refractivity contribution in [2.24, 2.45) is 34.5 Å². The molecule has 1 saturated heterocycles. The van der Waals surface area contributed by atoms with Gasteiger partial charge in [-0.15, -0.1) is 0 Å². The first kappa shape index (κ1) is 34.1. The van der Waals surface area contributed by atoms with Gasteiger partial charge in [-0.2, -0.15) is 0 Å². The van der Waals surface area contributed by atoms with Gasteiger partial charge in [-0.1, -0.05) is 6.92 Å². The van der Waals surface area contributed by atoms with Crippen molar-refractivity contribution >= 4 is 11.9 Å². The summed E-state index contributed by atoms with van der Waals surface area (Å²) in [6.45, 7) is 4.64. The standard InChI is InChI=1S/C35H49NO12/c1-8-36-15-32(16-42-3)21(38)13-22(44-5)34-20-14-33(41)29(47-31(40)18-9-11-19(43-4)12-10-18)23(20)35(48-17(2)37,28(39)30(33)46-7)24(27(34)36)25(45-6)26(32)34/h9-12,20-30,38-39,41H,8,13-16H2,1-7H3/t20-,21-,22?,23-,24?,25-,26-,27?,28+,29-,30+,32+,33-,34?,35-/m1/s1. The molecular formula is C35H49NO12. The molecule has 5 saturated carbocycles. The predicted molar refractivity (Wildman–Crippen MR) is 167 cm³/mol. The summed E-state index contributed by atoms with van der Waals surface area (Å²) in [5.41, 5.74) is -4.94. The van der Waals surface area contributed by atoms with E-state index in [1.807, 2.05) is 6.92 Å². The number of hydrogen-bond donors (Lipinski definition) is 3. The van der Waals surface area contributed by atoms with Crippen LogP contribution in [-0.2, 0) is 33.2 Å². The fourth-order valence-corrected chi connectivity index (χ4v) is 12.5. The summed E-state index contributed by atoms with van der Waals surface area (Å²) in [4.78, 5) is 29.5. The Labute approximate surface area is 280 Å². The molecule has 1 aromatic rings. The molecule has 13 heteroatoms. The van der Waals surface area contributed by atoms with E-state index in [9.17, 15) is 24.9 Å². The maximum atomic E-state index is 13.9. The first-order valence-electron chi connectivity index (χ1n) is 16.9. The molecule has 0 aromatic heterocycles. The Balaban J connectivity index is 1.50. The van der Waals surface area contributed by atoms with Gasteiger partial charge in [-0.25, -0.2) is 4.79 Å². The van der Waals surface area contributed by atoms with Gasteiger partial charge in [-0.05, 0) is 43.1 Å². The van der Waals surface area contributed by atoms with Crippen LogP contribution in [0, 0.1) is 34.5 Å². The summed E-state index contributed by atoms with van der Waals surface area (Å²) in [6, 6.07) is 6.10. The van der Waals surface area contributed by atoms with Crippen LogP contribution < -0.4 is 4.74 Å². The summed E-state index contributed by atoms with van der Waals surface area (Å²) >= 11 is 0. The maximum Gasteiger partial charge on any atom is 0.338 e. The Morgan fingerprint density at radius 2 is 1.69 bits per heavy atom. The number of ether oxygens (including phenoxy) is 7. The van der Waals surface area contributed by atoms with Gasteiger partial charge < -0.3 is 48.5 Å². The third kappa shape index (κ3) is 3.90. The van der Waals surface area contributed by atoms with E-state index in [0.29, 0.717) is 25.3 Å². The van der Waals surface area contributed by atoms with E-state index < -0.39 is 94.3 Å². The fraction of sp³-hybridized carbons (Fsp3) is 0.771. The van der Waals surface area contributed by atoms with Crippen molar-refractivity contribution in [3.8, 4) is 5.75 Å². The quantitative estimate of drug-likeness (QED) is 0.297. The van der Waals surface area contributed by atoms with E-state index in [4.69, 9.17) is 33.2 Å². The van der Waals surface area contributed by atoms with Gasteiger partial charge in [0.15, 0.2) is 5.60 Å². The lowest BCUT2D eigenvalue weighted by Gasteiger charge is -2.70. The third-order valence-electron chi connectivity index (χ3n) is 13.5. The Morgan fingerprint density at radius 3 is 2.25 bits per heavy atom. The number of piperidine rings is 1. The van der Waals surface area contributed by atoms with E-state index in [2.05, 4.69) is 4.90 Å². The number of methoxy groups -OCH3 is 5. The molecule has 7 rings (SSSR count). The molecule has 3 N–H and O–H groups in total. The zero-order valence-corrected chi connectivity index (χ0v) is 28.7. The van der Waals surface area contributed by atoms with Gasteiger partial charge in [0.1, 0.15) is 29.7 Å². The smallest absolute Gasteiger partial charge is 0.338 e. The third-order valence-corrected chi connectivity index (χ3v) is 13.5. The lowest BCUT2D eigenvalue weighted by molar-refractivity contribution is -0.322. The topological polar surface area (TPSA) is 163 Å². The molecule has 1 spiro atoms. The molecule has 4 unspecified atom stereocenters. The lowest BCUT2D eigenvalue weighted by Crippen LogP contribution is -2.81. The highest BCUT2D eigenvalue weighted by atomic mass is 16.6. The fourth-order valence-electron chi connectivity index (χ4n) is 12.5. The van der Waals surface area contributed by atoms with E-state index in [-0.39, 0.29) is 24.6 Å². The van der Waals surface area contributed by atoms with Gasteiger partial charge in [0.05, 0.1) is 37.6 Å². The lowest BCUT2D eigenvalue weighted by atomic mass is 9.42. The highest BCUT2D eigenvalue weighted by molar-refractivity contribution is 5.89. The zero-order chi connectivity index (χ0) is 34.6. The van der Waals surface area contributed by atoms with Crippen molar-refractivity contribution in [2.75, 3.05) is 55.2 Å². The van der Waals surface area contributed by atoms with E-state index >= 15 is 0 Å². The molecule has 13 nitrogen and oxygen atoms in total. The van der Waals surface area contributed by atoms with E-state index in [0.717, 1.165) is 0 Å². The number of aliphatic hydroxyl groups is 3. The Bertz CT molecular complexity index is 1430. The summed E-state index contributed by atoms with van der Waals surface area (Å²) in [5.74, 6) is -3.23. The molecule has 6 fully saturated rings. The second kappa shape index (κ2) is 11.6. The number of rotatable bonds is 10. The number of carbonyl (C=O) groups is 2. The number of benzene rings is 1. The first-order valence-corrected chi connectivity index (χ1v) is 16.9. The number of esters is 2. The van der Waals surface area contributed by atoms with Crippen LogP contribution in [0.2, 0.25) is 0 Å². The van der Waals surface area contributed by atoms with Crippen LogP contribution in [0.15, 0.2) is 24.3 Å². The summed E-state index contributed by atoms with van der Waals surface area (Å²) in [6.07, 6.45) is -5.64. The van der Waals surface area contributed by atoms with Gasteiger partial charge in [0.25, 0.3) is 0 Å². The minimum Gasteiger partial charge on any atom is -0.497 e. The SMILES string of the molecule is CCN1C[C@]2(COC)[C@H](O)CC(OC)C34C1C([C@@H](OC)[C@@H]32)[C@]1(OC(C)=O)[C@@H]2[C@H]4C[C@@](O)([C@@H]2OC(=O)c2ccc(OC)cc2)[C@@H](OC)[C@@H]1O. The molecule has 266 valence electrons. The average molecular weight is 676 g/mol. The number of fused-ring (bicyclic) bond motifs is 2. The normalized spacial score (nSPS) is 48.2. The number of nitrogens with zero attached hydrogens (tertiary/aromatic N) is 1. The molecule has 6 aliphatic rings. The summed E-state index contributed by atoms with van der Waals surface area (Å²) in [7, 11) is 7.77. The maximum absolute atomic E-state index is 13.9. The first-order chi connectivity index (χ1) is 22.9. The van der Waals surface area contributed by atoms with Crippen molar-refractivity contribution in [1.82, 2.24) is 4.90 Å². The number of aliphatic hydroxyl groups excluding tert-OH is 2. The Kier molecular flexibility index (Phi) is 8.24. The second-order valence-corrected chi connectivity index (χ2v) is 14.8. The van der Waals surface area contributed by atoms with E-state index in [1.54, 1.807) is 45.6 Å². The average Bonchev–Trinajstić information content (AvgIpc) is 3.44. The van der Waals surface area contributed by atoms with Crippen molar-refractivity contribution in [3.05, 3.63) is 29.8 Å². The summed E-state index contributed by atoms with van der Waals surface area (Å²) in [5, 5.41) is 37.4. The van der Waals surface area contributed by atoms with Crippen LogP contribution >= 0.6 is 0 Å². The molecule has 0 amide bonds. The van der Waals surface area contributed by atoms with E-state index in [1.165, 1.54) is 21.1 Å². The van der Waals surface area contributed by atoms with Gasteiger partial charge in [0, 0.05) is 83.0 Å². The molecule has 15 atom stereocenters. The number of hydrogen-bond acceptors (Lipinski definition) is 13. The number of carbonyl (C=O) groups excluding carboxylic acids is 2. The van der Waals surface area contributed by atoms with Gasteiger partial charge in [0.2, 0.25) is 0 Å². The molecule has 1 aromatic carbocycles. The van der Waals surface area contributed by atoms with Crippen molar-refractivity contribution < 1.29 is 58.1 Å². The minimum atomic E-state index is -1.86. The number of likely N-dealkylation sites (tertiary alicyclic amines) is 1. The van der Waals surface area contributed by atoms with Crippen LogP contribution in [-0.4, -0.2) is 141 Å². The highest BCUT2D eigenvalue weighted by Gasteiger charge is 2.92. The van der Waals surface area contributed by atoms with Crippen LogP contribution in [0.3, 0.4) is 0 Å². The van der Waals surface area contributed by atoms with Crippen LogP contribution in [0.25, 0.3) is 0 Å². The van der Waals surface area contributed by atoms with Crippen LogP contribution in [0.4, 0.5) is 0 Å². The molecule has 5 aliphatic carbocycles.